The highest BCUT2D eigenvalue weighted by Gasteiger charge is 2.19. The van der Waals surface area contributed by atoms with Crippen LogP contribution in [0.15, 0.2) is 41.4 Å². The first-order valence-corrected chi connectivity index (χ1v) is 7.79. The number of aliphatic imine (C=N–C) groups is 1. The molecule has 0 spiro atoms. The fourth-order valence-electron chi connectivity index (χ4n) is 2.85. The van der Waals surface area contributed by atoms with Gasteiger partial charge in [0.25, 0.3) is 5.91 Å². The number of benzene rings is 2. The van der Waals surface area contributed by atoms with Gasteiger partial charge in [0.15, 0.2) is 5.96 Å². The maximum atomic E-state index is 14.4. The number of guanidine groups is 1. The van der Waals surface area contributed by atoms with Crippen molar-refractivity contribution in [3.05, 3.63) is 64.9 Å². The number of nitrogens with zero attached hydrogens (tertiary/aromatic N) is 2. The van der Waals surface area contributed by atoms with Crippen LogP contribution in [0.5, 0.6) is 0 Å². The SMILES string of the molecule is Cc1nc2ccc(C(=O)N=C(N)N)cc2c(-c2c(F)cccc2F)c1C. The van der Waals surface area contributed by atoms with Gasteiger partial charge in [-0.25, -0.2) is 8.78 Å². The van der Waals surface area contributed by atoms with Crippen LogP contribution in [0, 0.1) is 25.5 Å². The van der Waals surface area contributed by atoms with Crippen molar-refractivity contribution in [1.82, 2.24) is 4.98 Å². The average molecular weight is 354 g/mol. The molecule has 1 aromatic heterocycles. The van der Waals surface area contributed by atoms with E-state index >= 15 is 0 Å². The first-order valence-electron chi connectivity index (χ1n) is 7.79. The molecule has 0 saturated heterocycles. The Bertz CT molecular complexity index is 1050. The lowest BCUT2D eigenvalue weighted by molar-refractivity contribution is 0.100. The van der Waals surface area contributed by atoms with Crippen molar-refractivity contribution in [1.29, 1.82) is 0 Å². The molecule has 0 radical (unpaired) electrons. The Morgan fingerprint density at radius 2 is 1.69 bits per heavy atom. The van der Waals surface area contributed by atoms with Crippen molar-refractivity contribution >= 4 is 22.8 Å². The summed E-state index contributed by atoms with van der Waals surface area (Å²) in [6.45, 7) is 3.49. The summed E-state index contributed by atoms with van der Waals surface area (Å²) in [7, 11) is 0. The molecule has 1 amide bonds. The lowest BCUT2D eigenvalue weighted by Gasteiger charge is -2.15. The van der Waals surface area contributed by atoms with Gasteiger partial charge in [0.05, 0.1) is 11.1 Å². The number of rotatable bonds is 2. The number of amides is 1. The molecule has 1 heterocycles. The zero-order chi connectivity index (χ0) is 19.0. The molecule has 132 valence electrons. The number of aryl methyl sites for hydroxylation is 1. The minimum atomic E-state index is -0.694. The van der Waals surface area contributed by atoms with E-state index in [2.05, 4.69) is 9.98 Å². The molecule has 0 bridgehead atoms. The summed E-state index contributed by atoms with van der Waals surface area (Å²) in [5, 5.41) is 0.439. The lowest BCUT2D eigenvalue weighted by atomic mass is 9.93. The van der Waals surface area contributed by atoms with E-state index in [4.69, 9.17) is 11.5 Å². The highest BCUT2D eigenvalue weighted by Crippen LogP contribution is 2.36. The quantitative estimate of drug-likeness (QED) is 0.546. The molecule has 26 heavy (non-hydrogen) atoms. The third-order valence-corrected chi connectivity index (χ3v) is 4.16. The minimum absolute atomic E-state index is 0.160. The van der Waals surface area contributed by atoms with Gasteiger partial charge in [-0.15, -0.1) is 0 Å². The highest BCUT2D eigenvalue weighted by atomic mass is 19.1. The summed E-state index contributed by atoms with van der Waals surface area (Å²) in [4.78, 5) is 20.1. The van der Waals surface area contributed by atoms with E-state index in [0.29, 0.717) is 27.7 Å². The first kappa shape index (κ1) is 17.5. The van der Waals surface area contributed by atoms with Crippen LogP contribution in [0.3, 0.4) is 0 Å². The third-order valence-electron chi connectivity index (χ3n) is 4.16. The van der Waals surface area contributed by atoms with E-state index in [9.17, 15) is 13.6 Å². The van der Waals surface area contributed by atoms with Crippen molar-refractivity contribution in [3.63, 3.8) is 0 Å². The first-order chi connectivity index (χ1) is 12.3. The molecule has 3 aromatic rings. The summed E-state index contributed by atoms with van der Waals surface area (Å²) in [6, 6.07) is 8.28. The van der Waals surface area contributed by atoms with E-state index in [1.54, 1.807) is 19.9 Å². The Hall–Kier alpha value is -3.35. The van der Waals surface area contributed by atoms with Crippen LogP contribution in [0.25, 0.3) is 22.0 Å². The van der Waals surface area contributed by atoms with E-state index in [1.807, 2.05) is 0 Å². The van der Waals surface area contributed by atoms with Gasteiger partial charge in [-0.1, -0.05) is 6.07 Å². The van der Waals surface area contributed by atoms with Crippen molar-refractivity contribution in [2.45, 2.75) is 13.8 Å². The molecule has 0 saturated carbocycles. The van der Waals surface area contributed by atoms with E-state index in [0.717, 1.165) is 0 Å². The summed E-state index contributed by atoms with van der Waals surface area (Å²) in [5.74, 6) is -2.40. The fourth-order valence-corrected chi connectivity index (χ4v) is 2.85. The zero-order valence-corrected chi connectivity index (χ0v) is 14.2. The van der Waals surface area contributed by atoms with Crippen LogP contribution >= 0.6 is 0 Å². The molecule has 0 unspecified atom stereocenters. The van der Waals surface area contributed by atoms with Crippen molar-refractivity contribution < 1.29 is 13.6 Å². The van der Waals surface area contributed by atoms with E-state index in [-0.39, 0.29) is 17.1 Å². The van der Waals surface area contributed by atoms with Gasteiger partial charge in [0.1, 0.15) is 11.6 Å². The van der Waals surface area contributed by atoms with Crippen molar-refractivity contribution in [2.75, 3.05) is 0 Å². The smallest absolute Gasteiger partial charge is 0.280 e. The van der Waals surface area contributed by atoms with Gasteiger partial charge in [0.2, 0.25) is 0 Å². The Kier molecular flexibility index (Phi) is 4.38. The number of hydrogen-bond acceptors (Lipinski definition) is 2. The molecular weight excluding hydrogens is 338 g/mol. The molecule has 0 aliphatic heterocycles. The number of halogens is 2. The Balaban J connectivity index is 2.39. The molecule has 7 heteroatoms. The maximum Gasteiger partial charge on any atom is 0.280 e. The third kappa shape index (κ3) is 2.99. The van der Waals surface area contributed by atoms with Crippen LogP contribution in [0.1, 0.15) is 21.6 Å². The van der Waals surface area contributed by atoms with Crippen LogP contribution in [0.2, 0.25) is 0 Å². The number of carbonyl (C=O) groups is 1. The molecule has 0 aliphatic carbocycles. The van der Waals surface area contributed by atoms with Gasteiger partial charge < -0.3 is 11.5 Å². The van der Waals surface area contributed by atoms with Gasteiger partial charge in [-0.2, -0.15) is 4.99 Å². The number of carbonyl (C=O) groups excluding carboxylic acids is 1. The van der Waals surface area contributed by atoms with E-state index < -0.39 is 17.5 Å². The van der Waals surface area contributed by atoms with Crippen LogP contribution in [-0.2, 0) is 0 Å². The average Bonchev–Trinajstić information content (AvgIpc) is 2.57. The highest BCUT2D eigenvalue weighted by molar-refractivity contribution is 6.06. The van der Waals surface area contributed by atoms with Crippen molar-refractivity contribution in [3.8, 4) is 11.1 Å². The van der Waals surface area contributed by atoms with Crippen LogP contribution in [0.4, 0.5) is 8.78 Å². The molecule has 5 nitrogen and oxygen atoms in total. The number of aromatic nitrogens is 1. The number of pyridine rings is 1. The molecule has 4 N–H and O–H groups in total. The zero-order valence-electron chi connectivity index (χ0n) is 14.2. The fraction of sp³-hybridized carbons (Fsp3) is 0.105. The molecule has 0 fully saturated rings. The summed E-state index contributed by atoms with van der Waals surface area (Å²) >= 11 is 0. The summed E-state index contributed by atoms with van der Waals surface area (Å²) in [6.07, 6.45) is 0. The number of hydrogen-bond donors (Lipinski definition) is 2. The largest absolute Gasteiger partial charge is 0.370 e. The number of nitrogens with two attached hydrogens (primary N) is 2. The second-order valence-electron chi connectivity index (χ2n) is 5.87. The summed E-state index contributed by atoms with van der Waals surface area (Å²) in [5.41, 5.74) is 12.6. The Morgan fingerprint density at radius 3 is 2.31 bits per heavy atom. The minimum Gasteiger partial charge on any atom is -0.370 e. The molecular formula is C19H16F2N4O. The monoisotopic (exact) mass is 354 g/mol. The van der Waals surface area contributed by atoms with Gasteiger partial charge in [-0.3, -0.25) is 9.78 Å². The standard InChI is InChI=1S/C19H16F2N4O/c1-9-10(2)24-15-7-6-11(18(26)25-19(22)23)8-12(15)16(9)17-13(20)4-3-5-14(17)21/h3-8H,1-2H3,(H4,22,23,25,26). The second kappa shape index (κ2) is 6.51. The Labute approximate surface area is 148 Å². The normalized spacial score (nSPS) is 10.8. The molecule has 3 rings (SSSR count). The van der Waals surface area contributed by atoms with Gasteiger partial charge in [0, 0.05) is 22.2 Å². The molecule has 2 aromatic carbocycles. The molecule has 0 aliphatic rings. The second-order valence-corrected chi connectivity index (χ2v) is 5.87. The predicted molar refractivity (Wildman–Crippen MR) is 96.7 cm³/mol. The number of fused-ring (bicyclic) bond motifs is 1. The van der Waals surface area contributed by atoms with Crippen LogP contribution < -0.4 is 11.5 Å². The maximum absolute atomic E-state index is 14.4. The van der Waals surface area contributed by atoms with Crippen molar-refractivity contribution in [2.24, 2.45) is 16.5 Å². The topological polar surface area (TPSA) is 94.4 Å². The van der Waals surface area contributed by atoms with Crippen LogP contribution in [-0.4, -0.2) is 16.9 Å². The Morgan fingerprint density at radius 1 is 1.04 bits per heavy atom. The van der Waals surface area contributed by atoms with Gasteiger partial charge in [-0.05, 0) is 49.7 Å². The predicted octanol–water partition coefficient (Wildman–Crippen LogP) is 3.21. The molecule has 0 atom stereocenters. The summed E-state index contributed by atoms with van der Waals surface area (Å²) < 4.78 is 28.8. The van der Waals surface area contributed by atoms with Gasteiger partial charge >= 0.3 is 0 Å². The lowest BCUT2D eigenvalue weighted by Crippen LogP contribution is -2.24. The van der Waals surface area contributed by atoms with E-state index in [1.165, 1.54) is 30.3 Å².